The lowest BCUT2D eigenvalue weighted by Crippen LogP contribution is -2.15. The molecule has 0 aromatic heterocycles. The summed E-state index contributed by atoms with van der Waals surface area (Å²) < 4.78 is 29.3. The Labute approximate surface area is 164 Å². The van der Waals surface area contributed by atoms with Crippen molar-refractivity contribution in [2.45, 2.75) is 51.4 Å². The maximum Gasteiger partial charge on any atom is 0.141 e. The molecular formula is C25H23F2N. The molecule has 1 unspecified atom stereocenters. The van der Waals surface area contributed by atoms with Crippen LogP contribution in [0.3, 0.4) is 0 Å². The van der Waals surface area contributed by atoms with E-state index in [0.29, 0.717) is 17.4 Å². The van der Waals surface area contributed by atoms with Gasteiger partial charge in [0.1, 0.15) is 17.7 Å². The van der Waals surface area contributed by atoms with Gasteiger partial charge in [0, 0.05) is 5.39 Å². The highest BCUT2D eigenvalue weighted by molar-refractivity contribution is 5.84. The Balaban J connectivity index is 1.65. The lowest BCUT2D eigenvalue weighted by Gasteiger charge is -2.26. The van der Waals surface area contributed by atoms with Crippen LogP contribution in [0.25, 0.3) is 10.8 Å². The summed E-state index contributed by atoms with van der Waals surface area (Å²) in [5.41, 5.74) is 3.95. The van der Waals surface area contributed by atoms with Crippen LogP contribution in [0, 0.1) is 23.0 Å². The Bertz CT molecular complexity index is 1080. The number of unbranched alkanes of at least 4 members (excludes halogenated alkanes) is 1. The Morgan fingerprint density at radius 3 is 2.71 bits per heavy atom. The predicted octanol–water partition coefficient (Wildman–Crippen LogP) is 6.60. The summed E-state index contributed by atoms with van der Waals surface area (Å²) in [7, 11) is 0. The molecule has 3 heteroatoms. The monoisotopic (exact) mass is 375 g/mol. The fourth-order valence-corrected chi connectivity index (χ4v) is 4.34. The van der Waals surface area contributed by atoms with Gasteiger partial charge in [-0.05, 0) is 77.8 Å². The Kier molecular flexibility index (Phi) is 5.13. The fraction of sp³-hybridized carbons (Fsp3) is 0.320. The van der Waals surface area contributed by atoms with Crippen molar-refractivity contribution in [1.82, 2.24) is 0 Å². The molecule has 1 aliphatic carbocycles. The molecule has 1 aliphatic rings. The highest BCUT2D eigenvalue weighted by Crippen LogP contribution is 2.37. The summed E-state index contributed by atoms with van der Waals surface area (Å²) in [6.45, 7) is 2.17. The first-order chi connectivity index (χ1) is 13.6. The zero-order valence-corrected chi connectivity index (χ0v) is 16.1. The zero-order valence-electron chi connectivity index (χ0n) is 16.1. The van der Waals surface area contributed by atoms with Crippen LogP contribution >= 0.6 is 0 Å². The van der Waals surface area contributed by atoms with Gasteiger partial charge in [0.15, 0.2) is 0 Å². The second-order valence-corrected chi connectivity index (χ2v) is 7.78. The molecule has 0 heterocycles. The molecule has 0 saturated heterocycles. The molecule has 3 aromatic rings. The Hall–Kier alpha value is -2.73. The van der Waals surface area contributed by atoms with Crippen molar-refractivity contribution in [2.75, 3.05) is 0 Å². The molecular weight excluding hydrogens is 352 g/mol. The van der Waals surface area contributed by atoms with Gasteiger partial charge >= 0.3 is 0 Å². The first-order valence-electron chi connectivity index (χ1n) is 10.0. The standard InChI is InChI=1S/C25H23F2N/c1-2-3-4-16-5-9-22-18(11-16)8-10-23(25(22)27)19-7-6-17-12-21(15-28)24(26)14-20(17)13-19/h5,8-12,14,19H,2-4,6-7,13H2,1H3. The molecule has 0 amide bonds. The summed E-state index contributed by atoms with van der Waals surface area (Å²) >= 11 is 0. The van der Waals surface area contributed by atoms with E-state index in [0.717, 1.165) is 48.6 Å². The Morgan fingerprint density at radius 2 is 1.93 bits per heavy atom. The van der Waals surface area contributed by atoms with E-state index in [-0.39, 0.29) is 17.3 Å². The van der Waals surface area contributed by atoms with Gasteiger partial charge in [-0.2, -0.15) is 5.26 Å². The minimum Gasteiger partial charge on any atom is -0.206 e. The van der Waals surface area contributed by atoms with Gasteiger partial charge in [-0.3, -0.25) is 0 Å². The lowest BCUT2D eigenvalue weighted by atomic mass is 9.79. The number of aryl methyl sites for hydroxylation is 2. The van der Waals surface area contributed by atoms with Crippen LogP contribution in [-0.2, 0) is 19.3 Å². The lowest BCUT2D eigenvalue weighted by molar-refractivity contribution is 0.535. The average Bonchev–Trinajstić information content (AvgIpc) is 2.71. The van der Waals surface area contributed by atoms with Gasteiger partial charge in [-0.1, -0.05) is 43.7 Å². The van der Waals surface area contributed by atoms with Crippen LogP contribution in [-0.4, -0.2) is 0 Å². The van der Waals surface area contributed by atoms with Gasteiger partial charge in [0.05, 0.1) is 5.56 Å². The van der Waals surface area contributed by atoms with E-state index in [1.807, 2.05) is 30.3 Å². The van der Waals surface area contributed by atoms with Crippen molar-refractivity contribution in [3.8, 4) is 6.07 Å². The number of hydrogen-bond donors (Lipinski definition) is 0. The predicted molar refractivity (Wildman–Crippen MR) is 108 cm³/mol. The Morgan fingerprint density at radius 1 is 1.07 bits per heavy atom. The molecule has 1 nitrogen and oxygen atoms in total. The van der Waals surface area contributed by atoms with Crippen LogP contribution < -0.4 is 0 Å². The van der Waals surface area contributed by atoms with E-state index in [1.54, 1.807) is 6.07 Å². The molecule has 0 radical (unpaired) electrons. The third-order valence-electron chi connectivity index (χ3n) is 5.95. The second-order valence-electron chi connectivity index (χ2n) is 7.78. The van der Waals surface area contributed by atoms with Gasteiger partial charge in [-0.25, -0.2) is 8.78 Å². The minimum absolute atomic E-state index is 0.0315. The molecule has 28 heavy (non-hydrogen) atoms. The zero-order chi connectivity index (χ0) is 19.7. The number of nitrogens with zero attached hydrogens (tertiary/aromatic N) is 1. The maximum absolute atomic E-state index is 15.3. The van der Waals surface area contributed by atoms with E-state index in [1.165, 1.54) is 11.6 Å². The summed E-state index contributed by atoms with van der Waals surface area (Å²) in [5, 5.41) is 10.6. The van der Waals surface area contributed by atoms with E-state index < -0.39 is 5.82 Å². The minimum atomic E-state index is -0.486. The molecule has 142 valence electrons. The second kappa shape index (κ2) is 7.72. The van der Waals surface area contributed by atoms with Crippen molar-refractivity contribution >= 4 is 10.8 Å². The largest absolute Gasteiger partial charge is 0.206 e. The first-order valence-corrected chi connectivity index (χ1v) is 10.0. The van der Waals surface area contributed by atoms with Crippen LogP contribution in [0.1, 0.15) is 59.9 Å². The fourth-order valence-electron chi connectivity index (χ4n) is 4.34. The average molecular weight is 375 g/mol. The number of nitriles is 1. The molecule has 0 spiro atoms. The molecule has 0 aliphatic heterocycles. The van der Waals surface area contributed by atoms with Crippen LogP contribution in [0.4, 0.5) is 8.78 Å². The van der Waals surface area contributed by atoms with E-state index in [9.17, 15) is 4.39 Å². The van der Waals surface area contributed by atoms with Crippen LogP contribution in [0.2, 0.25) is 0 Å². The summed E-state index contributed by atoms with van der Waals surface area (Å²) in [6.07, 6.45) is 5.45. The van der Waals surface area contributed by atoms with Crippen molar-refractivity contribution < 1.29 is 8.78 Å². The SMILES string of the molecule is CCCCc1ccc2c(F)c(C3CCc4cc(C#N)c(F)cc4C3)ccc2c1. The quantitative estimate of drug-likeness (QED) is 0.504. The first kappa shape index (κ1) is 18.6. The number of fused-ring (bicyclic) bond motifs is 2. The number of hydrogen-bond acceptors (Lipinski definition) is 1. The van der Waals surface area contributed by atoms with E-state index >= 15 is 4.39 Å². The third kappa shape index (κ3) is 3.40. The summed E-state index contributed by atoms with van der Waals surface area (Å²) in [6, 6.07) is 14.9. The van der Waals surface area contributed by atoms with Gasteiger partial charge < -0.3 is 0 Å². The number of benzene rings is 3. The van der Waals surface area contributed by atoms with Gasteiger partial charge in [0.2, 0.25) is 0 Å². The van der Waals surface area contributed by atoms with E-state index in [2.05, 4.69) is 13.0 Å². The van der Waals surface area contributed by atoms with Gasteiger partial charge in [-0.15, -0.1) is 0 Å². The molecule has 0 bridgehead atoms. The molecule has 0 saturated carbocycles. The van der Waals surface area contributed by atoms with Gasteiger partial charge in [0.25, 0.3) is 0 Å². The smallest absolute Gasteiger partial charge is 0.141 e. The van der Waals surface area contributed by atoms with Crippen molar-refractivity contribution in [1.29, 1.82) is 5.26 Å². The van der Waals surface area contributed by atoms with E-state index in [4.69, 9.17) is 5.26 Å². The number of rotatable bonds is 4. The normalized spacial score (nSPS) is 16.0. The van der Waals surface area contributed by atoms with Crippen molar-refractivity contribution in [2.24, 2.45) is 0 Å². The number of halogens is 2. The molecule has 4 rings (SSSR count). The van der Waals surface area contributed by atoms with Crippen molar-refractivity contribution in [3.05, 3.63) is 81.9 Å². The molecule has 0 N–H and O–H groups in total. The van der Waals surface area contributed by atoms with Crippen LogP contribution in [0.5, 0.6) is 0 Å². The topological polar surface area (TPSA) is 23.8 Å². The highest BCUT2D eigenvalue weighted by atomic mass is 19.1. The third-order valence-corrected chi connectivity index (χ3v) is 5.95. The molecule has 1 atom stereocenters. The van der Waals surface area contributed by atoms with Crippen molar-refractivity contribution in [3.63, 3.8) is 0 Å². The summed E-state index contributed by atoms with van der Waals surface area (Å²) in [5.74, 6) is -0.605. The molecule has 3 aromatic carbocycles. The summed E-state index contributed by atoms with van der Waals surface area (Å²) in [4.78, 5) is 0. The highest BCUT2D eigenvalue weighted by Gasteiger charge is 2.24. The van der Waals surface area contributed by atoms with Crippen LogP contribution in [0.15, 0.2) is 42.5 Å². The molecule has 0 fully saturated rings. The maximum atomic E-state index is 15.3.